The third-order valence-electron chi connectivity index (χ3n) is 6.77. The molecular weight excluding hydrogens is 489 g/mol. The second kappa shape index (κ2) is 9.93. The Kier molecular flexibility index (Phi) is 6.17. The third-order valence-corrected chi connectivity index (χ3v) is 7.61. The maximum atomic E-state index is 15.9. The Hall–Kier alpha value is -4.79. The Morgan fingerprint density at radius 2 is 1.32 bits per heavy atom. The number of nitriles is 1. The summed E-state index contributed by atoms with van der Waals surface area (Å²) in [5, 5.41) is 17.0. The zero-order valence-corrected chi connectivity index (χ0v) is 21.1. The normalized spacial score (nSPS) is 11.7. The van der Waals surface area contributed by atoms with Gasteiger partial charge < -0.3 is 0 Å². The van der Waals surface area contributed by atoms with Crippen LogP contribution in [0.15, 0.2) is 121 Å². The van der Waals surface area contributed by atoms with Gasteiger partial charge in [0.25, 0.3) is 0 Å². The van der Waals surface area contributed by atoms with Crippen molar-refractivity contribution in [2.45, 2.75) is 5.54 Å². The van der Waals surface area contributed by atoms with Crippen LogP contribution in [0.4, 0.5) is 4.39 Å². The van der Waals surface area contributed by atoms with Gasteiger partial charge in [-0.05, 0) is 52.4 Å². The lowest BCUT2D eigenvalue weighted by molar-refractivity contribution is 0.475. The van der Waals surface area contributed by atoms with Gasteiger partial charge in [-0.15, -0.1) is 11.3 Å². The molecule has 2 aromatic heterocycles. The van der Waals surface area contributed by atoms with Crippen molar-refractivity contribution >= 4 is 34.4 Å². The molecular formula is C33H22FN3S. The highest BCUT2D eigenvalue weighted by Crippen LogP contribution is 2.43. The summed E-state index contributed by atoms with van der Waals surface area (Å²) < 4.78 is 17.8. The first-order chi connectivity index (χ1) is 18.7. The fraction of sp³-hybridized carbons (Fsp3) is 0.0303. The molecule has 6 rings (SSSR count). The molecule has 0 saturated carbocycles. The fourth-order valence-electron chi connectivity index (χ4n) is 5.11. The predicted octanol–water partition coefficient (Wildman–Crippen LogP) is 8.12. The standard InChI is InChI=1S/C33H22FN3S/c34-32-24(23-35)18-21-30-31(32)29(20-19-28-17-10-22-38-28)36-37(30)33(25-11-4-1-5-12-25,26-13-6-2-7-14-26)27-15-8-3-9-16-27/h1-22H/b20-19-. The monoisotopic (exact) mass is 511 g/mol. The second-order valence-electron chi connectivity index (χ2n) is 8.89. The van der Waals surface area contributed by atoms with Gasteiger partial charge in [-0.3, -0.25) is 0 Å². The average molecular weight is 512 g/mol. The Bertz CT molecular complexity index is 1670. The molecule has 2 heterocycles. The quantitative estimate of drug-likeness (QED) is 0.212. The van der Waals surface area contributed by atoms with Crippen molar-refractivity contribution in [3.05, 3.63) is 159 Å². The van der Waals surface area contributed by atoms with Crippen LogP contribution in [0.2, 0.25) is 0 Å². The fourth-order valence-corrected chi connectivity index (χ4v) is 5.73. The van der Waals surface area contributed by atoms with E-state index in [1.807, 2.05) is 95.0 Å². The van der Waals surface area contributed by atoms with Crippen LogP contribution in [-0.2, 0) is 5.54 Å². The minimum Gasteiger partial charge on any atom is -0.245 e. The molecule has 6 aromatic rings. The third kappa shape index (κ3) is 3.83. The number of hydrogen-bond acceptors (Lipinski definition) is 3. The number of benzene rings is 4. The van der Waals surface area contributed by atoms with E-state index in [2.05, 4.69) is 36.4 Å². The Labute approximate surface area is 224 Å². The Balaban J connectivity index is 1.76. The Morgan fingerprint density at radius 3 is 1.82 bits per heavy atom. The highest BCUT2D eigenvalue weighted by atomic mass is 32.1. The van der Waals surface area contributed by atoms with Gasteiger partial charge in [-0.1, -0.05) is 97.1 Å². The number of fused-ring (bicyclic) bond motifs is 1. The van der Waals surface area contributed by atoms with Gasteiger partial charge >= 0.3 is 0 Å². The van der Waals surface area contributed by atoms with Crippen LogP contribution in [0, 0.1) is 17.1 Å². The molecule has 0 N–H and O–H groups in total. The molecule has 3 nitrogen and oxygen atoms in total. The van der Waals surface area contributed by atoms with Crippen LogP contribution in [0.1, 0.15) is 32.8 Å². The summed E-state index contributed by atoms with van der Waals surface area (Å²) >= 11 is 1.59. The van der Waals surface area contributed by atoms with E-state index in [9.17, 15) is 5.26 Å². The van der Waals surface area contributed by atoms with E-state index in [-0.39, 0.29) is 5.56 Å². The topological polar surface area (TPSA) is 41.6 Å². The first kappa shape index (κ1) is 23.6. The van der Waals surface area contributed by atoms with E-state index in [1.54, 1.807) is 17.4 Å². The van der Waals surface area contributed by atoms with E-state index < -0.39 is 11.4 Å². The lowest BCUT2D eigenvalue weighted by Gasteiger charge is -2.37. The molecule has 0 bridgehead atoms. The van der Waals surface area contributed by atoms with Crippen molar-refractivity contribution in [1.82, 2.24) is 9.78 Å². The van der Waals surface area contributed by atoms with Gasteiger partial charge in [0.1, 0.15) is 11.6 Å². The van der Waals surface area contributed by atoms with Gasteiger partial charge in [0.15, 0.2) is 5.82 Å². The first-order valence-corrected chi connectivity index (χ1v) is 13.1. The van der Waals surface area contributed by atoms with Gasteiger partial charge in [0.2, 0.25) is 0 Å². The van der Waals surface area contributed by atoms with Crippen molar-refractivity contribution in [3.8, 4) is 6.07 Å². The maximum absolute atomic E-state index is 15.9. The summed E-state index contributed by atoms with van der Waals surface area (Å²) in [4.78, 5) is 1.03. The van der Waals surface area contributed by atoms with Crippen LogP contribution in [-0.4, -0.2) is 9.78 Å². The van der Waals surface area contributed by atoms with E-state index in [4.69, 9.17) is 5.10 Å². The molecule has 0 radical (unpaired) electrons. The molecule has 38 heavy (non-hydrogen) atoms. The number of rotatable bonds is 6. The van der Waals surface area contributed by atoms with Gasteiger partial charge in [-0.25, -0.2) is 9.07 Å². The lowest BCUT2D eigenvalue weighted by atomic mass is 9.77. The minimum atomic E-state index is -0.905. The molecule has 5 heteroatoms. The average Bonchev–Trinajstić information content (AvgIpc) is 3.63. The molecule has 0 aliphatic heterocycles. The first-order valence-electron chi connectivity index (χ1n) is 12.2. The summed E-state index contributed by atoms with van der Waals surface area (Å²) in [6, 6.07) is 39.8. The predicted molar refractivity (Wildman–Crippen MR) is 152 cm³/mol. The molecule has 0 saturated heterocycles. The maximum Gasteiger partial charge on any atom is 0.152 e. The summed E-state index contributed by atoms with van der Waals surface area (Å²) in [6.07, 6.45) is 3.77. The molecule has 0 spiro atoms. The van der Waals surface area contributed by atoms with Crippen LogP contribution in [0.5, 0.6) is 0 Å². The molecule has 0 fully saturated rings. The molecule has 0 atom stereocenters. The van der Waals surface area contributed by atoms with Crippen molar-refractivity contribution in [2.24, 2.45) is 0 Å². The highest BCUT2D eigenvalue weighted by molar-refractivity contribution is 7.10. The number of thiophene rings is 1. The van der Waals surface area contributed by atoms with Crippen LogP contribution >= 0.6 is 11.3 Å². The molecule has 4 aromatic carbocycles. The lowest BCUT2D eigenvalue weighted by Crippen LogP contribution is -2.38. The van der Waals surface area contributed by atoms with E-state index in [0.717, 1.165) is 21.6 Å². The summed E-state index contributed by atoms with van der Waals surface area (Å²) in [6.45, 7) is 0. The largest absolute Gasteiger partial charge is 0.245 e. The number of aromatic nitrogens is 2. The van der Waals surface area contributed by atoms with Crippen LogP contribution in [0.25, 0.3) is 23.1 Å². The van der Waals surface area contributed by atoms with Crippen LogP contribution in [0.3, 0.4) is 0 Å². The van der Waals surface area contributed by atoms with Crippen molar-refractivity contribution < 1.29 is 4.39 Å². The minimum absolute atomic E-state index is 0.00689. The number of halogens is 1. The van der Waals surface area contributed by atoms with Crippen LogP contribution < -0.4 is 0 Å². The van der Waals surface area contributed by atoms with Crippen molar-refractivity contribution in [1.29, 1.82) is 5.26 Å². The molecule has 0 aliphatic rings. The SMILES string of the molecule is N#Cc1ccc2c(c(/C=C\c3cccs3)nn2C(c2ccccc2)(c2ccccc2)c2ccccc2)c1F. The summed E-state index contributed by atoms with van der Waals surface area (Å²) in [5.74, 6) is -0.565. The zero-order chi connectivity index (χ0) is 26.0. The second-order valence-corrected chi connectivity index (χ2v) is 9.87. The van der Waals surface area contributed by atoms with Crippen molar-refractivity contribution in [3.63, 3.8) is 0 Å². The Morgan fingerprint density at radius 1 is 0.737 bits per heavy atom. The summed E-state index contributed by atoms with van der Waals surface area (Å²) in [5.41, 5.74) is 3.12. The van der Waals surface area contributed by atoms with Gasteiger partial charge in [0, 0.05) is 4.88 Å². The number of nitrogens with zero attached hydrogens (tertiary/aromatic N) is 3. The number of hydrogen-bond donors (Lipinski definition) is 0. The molecule has 0 unspecified atom stereocenters. The van der Waals surface area contributed by atoms with Gasteiger partial charge in [-0.2, -0.15) is 10.4 Å². The smallest absolute Gasteiger partial charge is 0.152 e. The zero-order valence-electron chi connectivity index (χ0n) is 20.3. The molecule has 0 amide bonds. The molecule has 0 aliphatic carbocycles. The molecule has 182 valence electrons. The van der Waals surface area contributed by atoms with Gasteiger partial charge in [0.05, 0.1) is 22.2 Å². The van der Waals surface area contributed by atoms with E-state index in [0.29, 0.717) is 16.6 Å². The van der Waals surface area contributed by atoms with E-state index in [1.165, 1.54) is 6.07 Å². The van der Waals surface area contributed by atoms with Crippen molar-refractivity contribution in [2.75, 3.05) is 0 Å². The highest BCUT2D eigenvalue weighted by Gasteiger charge is 2.41. The summed E-state index contributed by atoms with van der Waals surface area (Å²) in [7, 11) is 0. The van der Waals surface area contributed by atoms with E-state index >= 15 is 4.39 Å².